The maximum Gasteiger partial charge on any atom is 0.251 e. The number of aromatic nitrogens is 3. The average Bonchev–Trinajstić information content (AvgIpc) is 3.00. The minimum Gasteiger partial charge on any atom is -0.348 e. The molecule has 3 rings (SSSR count). The molecule has 2 aromatic carbocycles. The molecule has 0 radical (unpaired) electrons. The SMILES string of the molecule is Cn1nnc(Cl)c1-c1ccc(C(=O)N[C@H](CN)Cc2ccccc2)cc1. The topological polar surface area (TPSA) is 85.8 Å². The number of aryl methyl sites for hydroxylation is 1. The molecule has 0 aliphatic rings. The van der Waals surface area contributed by atoms with Gasteiger partial charge in [-0.2, -0.15) is 0 Å². The molecular weight excluding hydrogens is 350 g/mol. The Kier molecular flexibility index (Phi) is 5.65. The lowest BCUT2D eigenvalue weighted by molar-refractivity contribution is 0.0938. The van der Waals surface area contributed by atoms with Gasteiger partial charge in [0.05, 0.1) is 0 Å². The van der Waals surface area contributed by atoms with Crippen molar-refractivity contribution in [2.75, 3.05) is 6.54 Å². The number of benzene rings is 2. The van der Waals surface area contributed by atoms with E-state index < -0.39 is 0 Å². The van der Waals surface area contributed by atoms with Crippen LogP contribution in [-0.4, -0.2) is 33.5 Å². The summed E-state index contributed by atoms with van der Waals surface area (Å²) in [7, 11) is 1.77. The first-order valence-electron chi connectivity index (χ1n) is 8.29. The van der Waals surface area contributed by atoms with Crippen molar-refractivity contribution in [2.45, 2.75) is 12.5 Å². The first-order valence-corrected chi connectivity index (χ1v) is 8.66. The quantitative estimate of drug-likeness (QED) is 0.698. The second kappa shape index (κ2) is 8.12. The molecule has 134 valence electrons. The highest BCUT2D eigenvalue weighted by molar-refractivity contribution is 6.31. The summed E-state index contributed by atoms with van der Waals surface area (Å²) < 4.78 is 1.60. The van der Waals surface area contributed by atoms with Crippen LogP contribution >= 0.6 is 11.6 Å². The lowest BCUT2D eigenvalue weighted by Crippen LogP contribution is -2.41. The number of rotatable bonds is 6. The number of carbonyl (C=O) groups is 1. The van der Waals surface area contributed by atoms with Crippen molar-refractivity contribution in [3.8, 4) is 11.3 Å². The molecule has 1 aromatic heterocycles. The summed E-state index contributed by atoms with van der Waals surface area (Å²) >= 11 is 6.06. The van der Waals surface area contributed by atoms with Crippen molar-refractivity contribution in [3.63, 3.8) is 0 Å². The molecular formula is C19H20ClN5O. The number of nitrogens with two attached hydrogens (primary N) is 1. The molecule has 1 atom stereocenters. The van der Waals surface area contributed by atoms with Gasteiger partial charge in [0, 0.05) is 30.8 Å². The number of carbonyl (C=O) groups excluding carboxylic acids is 1. The molecule has 6 nitrogen and oxygen atoms in total. The Bertz CT molecular complexity index is 857. The van der Waals surface area contributed by atoms with Crippen LogP contribution in [0.25, 0.3) is 11.3 Å². The summed E-state index contributed by atoms with van der Waals surface area (Å²) in [5.74, 6) is -0.155. The second-order valence-corrected chi connectivity index (χ2v) is 6.38. The van der Waals surface area contributed by atoms with E-state index in [1.165, 1.54) is 0 Å². The monoisotopic (exact) mass is 369 g/mol. The fourth-order valence-corrected chi connectivity index (χ4v) is 3.04. The molecule has 3 N–H and O–H groups in total. The van der Waals surface area contributed by atoms with E-state index >= 15 is 0 Å². The van der Waals surface area contributed by atoms with E-state index in [1.54, 1.807) is 23.9 Å². The fourth-order valence-electron chi connectivity index (χ4n) is 2.78. The van der Waals surface area contributed by atoms with Crippen molar-refractivity contribution in [3.05, 3.63) is 70.9 Å². The molecule has 26 heavy (non-hydrogen) atoms. The minimum absolute atomic E-state index is 0.125. The summed E-state index contributed by atoms with van der Waals surface area (Å²) in [5, 5.41) is 11.0. The van der Waals surface area contributed by atoms with Crippen molar-refractivity contribution < 1.29 is 4.79 Å². The molecule has 7 heteroatoms. The maximum absolute atomic E-state index is 12.5. The number of amides is 1. The summed E-state index contributed by atoms with van der Waals surface area (Å²) in [6.45, 7) is 0.370. The molecule has 3 aromatic rings. The Labute approximate surface area is 157 Å². The van der Waals surface area contributed by atoms with Gasteiger partial charge in [0.25, 0.3) is 5.91 Å². The van der Waals surface area contributed by atoms with Crippen LogP contribution in [-0.2, 0) is 13.5 Å². The van der Waals surface area contributed by atoms with E-state index in [9.17, 15) is 4.79 Å². The number of hydrogen-bond acceptors (Lipinski definition) is 4. The summed E-state index contributed by atoms with van der Waals surface area (Å²) in [5.41, 5.74) is 9.08. The van der Waals surface area contributed by atoms with Crippen LogP contribution in [0.1, 0.15) is 15.9 Å². The molecule has 0 saturated heterocycles. The highest BCUT2D eigenvalue weighted by Gasteiger charge is 2.15. The first kappa shape index (κ1) is 18.1. The molecule has 0 unspecified atom stereocenters. The van der Waals surface area contributed by atoms with Crippen molar-refractivity contribution >= 4 is 17.5 Å². The van der Waals surface area contributed by atoms with E-state index in [-0.39, 0.29) is 11.9 Å². The van der Waals surface area contributed by atoms with Gasteiger partial charge in [-0.3, -0.25) is 4.79 Å². The Morgan fingerprint density at radius 2 is 1.88 bits per heavy atom. The second-order valence-electron chi connectivity index (χ2n) is 6.03. The normalized spacial score (nSPS) is 12.0. The van der Waals surface area contributed by atoms with Gasteiger partial charge in [-0.15, -0.1) is 5.10 Å². The van der Waals surface area contributed by atoms with Gasteiger partial charge in [0.1, 0.15) is 5.69 Å². The molecule has 0 saturated carbocycles. The van der Waals surface area contributed by atoms with Gasteiger partial charge in [0.15, 0.2) is 5.15 Å². The van der Waals surface area contributed by atoms with Crippen LogP contribution in [0.15, 0.2) is 54.6 Å². The number of nitrogens with one attached hydrogen (secondary N) is 1. The third-order valence-electron chi connectivity index (χ3n) is 4.15. The van der Waals surface area contributed by atoms with Crippen molar-refractivity contribution in [2.24, 2.45) is 12.8 Å². The predicted molar refractivity (Wildman–Crippen MR) is 102 cm³/mol. The summed E-state index contributed by atoms with van der Waals surface area (Å²) in [6, 6.07) is 17.0. The largest absolute Gasteiger partial charge is 0.348 e. The van der Waals surface area contributed by atoms with Crippen molar-refractivity contribution in [1.82, 2.24) is 20.3 Å². The fraction of sp³-hybridized carbons (Fsp3) is 0.211. The van der Waals surface area contributed by atoms with E-state index in [4.69, 9.17) is 17.3 Å². The lowest BCUT2D eigenvalue weighted by Gasteiger charge is -2.17. The third-order valence-corrected chi connectivity index (χ3v) is 4.41. The Balaban J connectivity index is 1.69. The predicted octanol–water partition coefficient (Wildman–Crippen LogP) is 2.44. The minimum atomic E-state index is -0.155. The standard InChI is InChI=1S/C19H20ClN5O/c1-25-17(18(20)23-24-25)14-7-9-15(10-8-14)19(26)22-16(12-21)11-13-5-3-2-4-6-13/h2-10,16H,11-12,21H2,1H3,(H,22,26)/t16-/m0/s1. The van der Waals surface area contributed by atoms with Crippen LogP contribution in [0.2, 0.25) is 5.15 Å². The first-order chi connectivity index (χ1) is 12.6. The smallest absolute Gasteiger partial charge is 0.251 e. The van der Waals surface area contributed by atoms with E-state index in [1.807, 2.05) is 42.5 Å². The Hall–Kier alpha value is -2.70. The molecule has 0 aliphatic carbocycles. The van der Waals surface area contributed by atoms with Crippen LogP contribution in [0, 0.1) is 0 Å². The number of halogens is 1. The van der Waals surface area contributed by atoms with Crippen molar-refractivity contribution in [1.29, 1.82) is 0 Å². The molecule has 1 amide bonds. The highest BCUT2D eigenvalue weighted by atomic mass is 35.5. The van der Waals surface area contributed by atoms with Gasteiger partial charge in [-0.25, -0.2) is 4.68 Å². The van der Waals surface area contributed by atoms with Gasteiger partial charge < -0.3 is 11.1 Å². The van der Waals surface area contributed by atoms with Crippen LogP contribution in [0.5, 0.6) is 0 Å². The zero-order valence-corrected chi connectivity index (χ0v) is 15.1. The Morgan fingerprint density at radius 1 is 1.19 bits per heavy atom. The molecule has 0 spiro atoms. The number of hydrogen-bond donors (Lipinski definition) is 2. The summed E-state index contributed by atoms with van der Waals surface area (Å²) in [6.07, 6.45) is 0.692. The molecule has 1 heterocycles. The van der Waals surface area contributed by atoms with E-state index in [2.05, 4.69) is 15.6 Å². The summed E-state index contributed by atoms with van der Waals surface area (Å²) in [4.78, 5) is 12.5. The van der Waals surface area contributed by atoms with Crippen LogP contribution in [0.3, 0.4) is 0 Å². The average molecular weight is 370 g/mol. The van der Waals surface area contributed by atoms with Crippen LogP contribution < -0.4 is 11.1 Å². The van der Waals surface area contributed by atoms with Gasteiger partial charge in [0.2, 0.25) is 0 Å². The number of nitrogens with zero attached hydrogens (tertiary/aromatic N) is 3. The van der Waals surface area contributed by atoms with Gasteiger partial charge in [-0.1, -0.05) is 59.3 Å². The molecule has 0 fully saturated rings. The zero-order valence-electron chi connectivity index (χ0n) is 14.4. The highest BCUT2D eigenvalue weighted by Crippen LogP contribution is 2.25. The molecule has 0 bridgehead atoms. The maximum atomic E-state index is 12.5. The van der Waals surface area contributed by atoms with Crippen LogP contribution in [0.4, 0.5) is 0 Å². The van der Waals surface area contributed by atoms with E-state index in [0.717, 1.165) is 11.1 Å². The Morgan fingerprint density at radius 3 is 2.46 bits per heavy atom. The van der Waals surface area contributed by atoms with Gasteiger partial charge in [-0.05, 0) is 24.1 Å². The zero-order chi connectivity index (χ0) is 18.5. The van der Waals surface area contributed by atoms with Gasteiger partial charge >= 0.3 is 0 Å². The molecule has 0 aliphatic heterocycles. The van der Waals surface area contributed by atoms with E-state index in [0.29, 0.717) is 29.4 Å². The third kappa shape index (κ3) is 4.09. The lowest BCUT2D eigenvalue weighted by atomic mass is 10.0.